The number of rotatable bonds is 16. The van der Waals surface area contributed by atoms with Crippen molar-refractivity contribution in [2.75, 3.05) is 26.3 Å². The van der Waals surface area contributed by atoms with Crippen molar-refractivity contribution in [3.63, 3.8) is 0 Å². The number of pyridine rings is 1. The van der Waals surface area contributed by atoms with E-state index in [9.17, 15) is 20.1 Å². The topological polar surface area (TPSA) is 142 Å². The maximum atomic E-state index is 12.7. The van der Waals surface area contributed by atoms with Crippen molar-refractivity contribution in [3.05, 3.63) is 81.6 Å². The maximum absolute atomic E-state index is 12.7. The zero-order valence-electron chi connectivity index (χ0n) is 27.3. The molecule has 4 atom stereocenters. The molecule has 10 nitrogen and oxygen atoms in total. The molecule has 0 radical (unpaired) electrons. The first-order valence-corrected chi connectivity index (χ1v) is 17.8. The Kier molecular flexibility index (Phi) is 11.8. The normalized spacial score (nSPS) is 20.8. The Bertz CT molecular complexity index is 1600. The molecule has 2 aliphatic carbocycles. The highest BCUT2D eigenvalue weighted by Gasteiger charge is 2.48. The van der Waals surface area contributed by atoms with Gasteiger partial charge in [0.2, 0.25) is 5.91 Å². The standard InChI is InChI=1S/C37H44Cl2N2O8/c38-29-18-24(22-48-37(12-13-37)28-19-40-14-10-26(28)27-6-1-2-7-32(27)49-25-8-9-25)30(39)17-23(29)5-3-4-15-41-20-33(47-16-11-34(41)44)36(46)35(45)31(43)21-42/h1-2,6-7,10,14,17-19,25,31,33,35-36,42-43,45-46H,3-5,8-9,11-13,15-16,20-22H2/t31-,33+,35-,36-/m1/s1. The number of hydrogen-bond acceptors (Lipinski definition) is 9. The fraction of sp³-hybridized carbons (Fsp3) is 0.514. The summed E-state index contributed by atoms with van der Waals surface area (Å²) in [7, 11) is 0. The molecule has 2 saturated carbocycles. The van der Waals surface area contributed by atoms with Crippen molar-refractivity contribution >= 4 is 29.1 Å². The van der Waals surface area contributed by atoms with Crippen LogP contribution in [0.25, 0.3) is 11.1 Å². The summed E-state index contributed by atoms with van der Waals surface area (Å²) in [5.74, 6) is 0.767. The number of carbonyl (C=O) groups is 1. The van der Waals surface area contributed by atoms with E-state index in [1.54, 1.807) is 11.1 Å². The lowest BCUT2D eigenvalue weighted by Gasteiger charge is -2.30. The quantitative estimate of drug-likeness (QED) is 0.154. The predicted molar refractivity (Wildman–Crippen MR) is 184 cm³/mol. The Morgan fingerprint density at radius 2 is 1.78 bits per heavy atom. The Balaban J connectivity index is 1.05. The molecular formula is C37H44Cl2N2O8. The second-order valence-electron chi connectivity index (χ2n) is 13.2. The van der Waals surface area contributed by atoms with Crippen LogP contribution in [0.4, 0.5) is 0 Å². The van der Waals surface area contributed by atoms with Gasteiger partial charge in [-0.1, -0.05) is 41.4 Å². The fourth-order valence-electron chi connectivity index (χ4n) is 6.33. The number of para-hydroxylation sites is 1. The fourth-order valence-corrected chi connectivity index (χ4v) is 6.85. The average molecular weight is 716 g/mol. The second kappa shape index (κ2) is 16.0. The molecule has 3 aromatic rings. The third-order valence-corrected chi connectivity index (χ3v) is 10.3. The minimum absolute atomic E-state index is 0.0687. The number of ether oxygens (including phenoxy) is 3. The highest BCUT2D eigenvalue weighted by molar-refractivity contribution is 6.34. The zero-order valence-corrected chi connectivity index (χ0v) is 28.9. The number of aliphatic hydroxyl groups excluding tert-OH is 4. The summed E-state index contributed by atoms with van der Waals surface area (Å²) in [6, 6.07) is 13.9. The summed E-state index contributed by atoms with van der Waals surface area (Å²) in [5.41, 5.74) is 4.37. The van der Waals surface area contributed by atoms with Crippen molar-refractivity contribution in [2.45, 2.75) is 94.1 Å². The van der Waals surface area contributed by atoms with E-state index in [1.165, 1.54) is 0 Å². The van der Waals surface area contributed by atoms with Gasteiger partial charge in [0.25, 0.3) is 0 Å². The summed E-state index contributed by atoms with van der Waals surface area (Å²) in [6.07, 6.45) is 4.65. The predicted octanol–water partition coefficient (Wildman–Crippen LogP) is 4.82. The smallest absolute Gasteiger partial charge is 0.224 e. The lowest BCUT2D eigenvalue weighted by Crippen LogP contribution is -2.50. The van der Waals surface area contributed by atoms with Gasteiger partial charge in [-0.3, -0.25) is 9.78 Å². The third-order valence-electron chi connectivity index (χ3n) is 9.57. The number of aryl methyl sites for hydroxylation is 1. The molecule has 2 heterocycles. The molecule has 0 bridgehead atoms. The number of amides is 1. The first-order chi connectivity index (χ1) is 23.7. The number of hydrogen-bond donors (Lipinski definition) is 4. The summed E-state index contributed by atoms with van der Waals surface area (Å²) in [6.45, 7) is 0.184. The van der Waals surface area contributed by atoms with E-state index in [0.717, 1.165) is 65.7 Å². The number of halogens is 2. The average Bonchev–Trinajstić information content (AvgIpc) is 4.05. The van der Waals surface area contributed by atoms with Crippen molar-refractivity contribution in [2.24, 2.45) is 0 Å². The highest BCUT2D eigenvalue weighted by atomic mass is 35.5. The zero-order chi connectivity index (χ0) is 34.5. The van der Waals surface area contributed by atoms with Crippen LogP contribution in [0.2, 0.25) is 10.0 Å². The minimum atomic E-state index is -1.60. The van der Waals surface area contributed by atoms with Gasteiger partial charge < -0.3 is 39.5 Å². The van der Waals surface area contributed by atoms with Gasteiger partial charge in [-0.15, -0.1) is 0 Å². The van der Waals surface area contributed by atoms with Crippen molar-refractivity contribution in [1.29, 1.82) is 0 Å². The van der Waals surface area contributed by atoms with Crippen LogP contribution in [0, 0.1) is 0 Å². The van der Waals surface area contributed by atoms with Crippen LogP contribution in [-0.2, 0) is 32.9 Å². The molecular weight excluding hydrogens is 671 g/mol. The van der Waals surface area contributed by atoms with Gasteiger partial charge in [-0.05, 0) is 85.9 Å². The number of carbonyl (C=O) groups excluding carboxylic acids is 1. The molecule has 3 aliphatic rings. The Morgan fingerprint density at radius 3 is 2.53 bits per heavy atom. The van der Waals surface area contributed by atoms with Crippen LogP contribution >= 0.6 is 23.2 Å². The van der Waals surface area contributed by atoms with E-state index < -0.39 is 36.6 Å². The molecule has 12 heteroatoms. The SMILES string of the molecule is O=C1CCO[C@H]([C@@H](O)[C@H](O)[C@H](O)CO)CN1CCCCc1cc(Cl)c(COC2(c3cnccc3-c3ccccc3OC3CC3)CC2)cc1Cl. The minimum Gasteiger partial charge on any atom is -0.490 e. The van der Waals surface area contributed by atoms with E-state index in [4.69, 9.17) is 42.5 Å². The van der Waals surface area contributed by atoms with Gasteiger partial charge in [0.1, 0.15) is 30.2 Å². The summed E-state index contributed by atoms with van der Waals surface area (Å²) in [5, 5.41) is 40.6. The molecule has 2 aromatic carbocycles. The summed E-state index contributed by atoms with van der Waals surface area (Å²) < 4.78 is 18.4. The number of unbranched alkanes of at least 4 members (excludes halogenated alkanes) is 1. The molecule has 1 amide bonds. The Hall–Kier alpha value is -2.80. The van der Waals surface area contributed by atoms with Crippen molar-refractivity contribution in [1.82, 2.24) is 9.88 Å². The molecule has 6 rings (SSSR count). The van der Waals surface area contributed by atoms with Crippen LogP contribution in [0.3, 0.4) is 0 Å². The van der Waals surface area contributed by atoms with E-state index in [2.05, 4.69) is 11.1 Å². The molecule has 49 heavy (non-hydrogen) atoms. The van der Waals surface area contributed by atoms with Crippen LogP contribution in [0.1, 0.15) is 61.6 Å². The highest BCUT2D eigenvalue weighted by Crippen LogP contribution is 2.53. The molecule has 264 valence electrons. The van der Waals surface area contributed by atoms with Crippen molar-refractivity contribution in [3.8, 4) is 16.9 Å². The van der Waals surface area contributed by atoms with Crippen LogP contribution in [0.5, 0.6) is 5.75 Å². The summed E-state index contributed by atoms with van der Waals surface area (Å²) in [4.78, 5) is 18.7. The maximum Gasteiger partial charge on any atom is 0.224 e. The van der Waals surface area contributed by atoms with Crippen molar-refractivity contribution < 1.29 is 39.4 Å². The van der Waals surface area contributed by atoms with Gasteiger partial charge in [0, 0.05) is 46.7 Å². The molecule has 0 unspecified atom stereocenters. The van der Waals surface area contributed by atoms with Crippen LogP contribution in [0.15, 0.2) is 54.9 Å². The van der Waals surface area contributed by atoms with E-state index in [0.29, 0.717) is 36.0 Å². The Labute approximate surface area is 296 Å². The number of benzene rings is 2. The lowest BCUT2D eigenvalue weighted by molar-refractivity contribution is -0.135. The van der Waals surface area contributed by atoms with E-state index in [1.807, 2.05) is 42.6 Å². The number of nitrogens with zero attached hydrogens (tertiary/aromatic N) is 2. The molecule has 3 fully saturated rings. The molecule has 0 spiro atoms. The molecule has 1 aromatic heterocycles. The van der Waals surface area contributed by atoms with Gasteiger partial charge >= 0.3 is 0 Å². The van der Waals surface area contributed by atoms with Gasteiger partial charge in [-0.2, -0.15) is 0 Å². The number of aliphatic hydroxyl groups is 4. The second-order valence-corrected chi connectivity index (χ2v) is 14.1. The first-order valence-electron chi connectivity index (χ1n) is 17.0. The van der Waals surface area contributed by atoms with Crippen LogP contribution < -0.4 is 4.74 Å². The monoisotopic (exact) mass is 714 g/mol. The molecule has 1 aliphatic heterocycles. The molecule has 4 N–H and O–H groups in total. The summed E-state index contributed by atoms with van der Waals surface area (Å²) >= 11 is 13.5. The van der Waals surface area contributed by atoms with Gasteiger partial charge in [0.15, 0.2) is 0 Å². The lowest BCUT2D eigenvalue weighted by atomic mass is 9.96. The Morgan fingerprint density at radius 1 is 1.02 bits per heavy atom. The van der Waals surface area contributed by atoms with Crippen LogP contribution in [-0.4, -0.2) is 93.0 Å². The van der Waals surface area contributed by atoms with E-state index in [-0.39, 0.29) is 31.6 Å². The molecule has 1 saturated heterocycles. The third kappa shape index (κ3) is 8.75. The number of aromatic nitrogens is 1. The van der Waals surface area contributed by atoms with E-state index >= 15 is 0 Å². The largest absolute Gasteiger partial charge is 0.490 e. The first kappa shape index (κ1) is 36.0. The van der Waals surface area contributed by atoms with Gasteiger partial charge in [0.05, 0.1) is 37.9 Å². The van der Waals surface area contributed by atoms with Gasteiger partial charge in [-0.25, -0.2) is 0 Å².